The highest BCUT2D eigenvalue weighted by atomic mass is 19.1. The van der Waals surface area contributed by atoms with Crippen LogP contribution < -0.4 is 14.2 Å². The van der Waals surface area contributed by atoms with E-state index in [4.69, 9.17) is 14.2 Å². The highest BCUT2D eigenvalue weighted by molar-refractivity contribution is 5.32. The fraction of sp³-hybridized carbons (Fsp3) is 0.200. The van der Waals surface area contributed by atoms with E-state index >= 15 is 0 Å². The Labute approximate surface area is 111 Å². The third-order valence-electron chi connectivity index (χ3n) is 2.49. The van der Waals surface area contributed by atoms with Gasteiger partial charge in [0.2, 0.25) is 0 Å². The summed E-state index contributed by atoms with van der Waals surface area (Å²) in [4.78, 5) is 0. The molecule has 0 amide bonds. The minimum absolute atomic E-state index is 0.233. The molecular weight excluding hydrogens is 247 g/mol. The molecule has 4 heteroatoms. The standard InChI is InChI=1S/C15H15FO3/c1-17-12-5-4-6-13(11-12)18-9-10-19-15-8-3-2-7-14(15)16/h2-8,11H,9-10H2,1H3. The van der Waals surface area contributed by atoms with Gasteiger partial charge in [0.15, 0.2) is 11.6 Å². The van der Waals surface area contributed by atoms with E-state index in [1.807, 2.05) is 18.2 Å². The second kappa shape index (κ2) is 6.64. The summed E-state index contributed by atoms with van der Waals surface area (Å²) < 4.78 is 29.1. The summed E-state index contributed by atoms with van der Waals surface area (Å²) in [7, 11) is 1.60. The van der Waals surface area contributed by atoms with Crippen LogP contribution in [0.25, 0.3) is 0 Å². The van der Waals surface area contributed by atoms with Crippen molar-refractivity contribution in [2.24, 2.45) is 0 Å². The molecule has 0 saturated heterocycles. The zero-order valence-corrected chi connectivity index (χ0v) is 10.6. The Kier molecular flexibility index (Phi) is 4.61. The van der Waals surface area contributed by atoms with E-state index in [2.05, 4.69) is 0 Å². The van der Waals surface area contributed by atoms with Gasteiger partial charge >= 0.3 is 0 Å². The monoisotopic (exact) mass is 262 g/mol. The fourth-order valence-corrected chi connectivity index (χ4v) is 1.56. The van der Waals surface area contributed by atoms with Crippen molar-refractivity contribution in [3.05, 3.63) is 54.3 Å². The van der Waals surface area contributed by atoms with Crippen LogP contribution in [0.3, 0.4) is 0 Å². The second-order valence-electron chi connectivity index (χ2n) is 3.81. The maximum atomic E-state index is 13.3. The van der Waals surface area contributed by atoms with Crippen molar-refractivity contribution in [3.63, 3.8) is 0 Å². The number of methoxy groups -OCH3 is 1. The average molecular weight is 262 g/mol. The molecule has 0 fully saturated rings. The molecule has 0 aliphatic carbocycles. The van der Waals surface area contributed by atoms with Gasteiger partial charge in [-0.1, -0.05) is 18.2 Å². The second-order valence-corrected chi connectivity index (χ2v) is 3.81. The topological polar surface area (TPSA) is 27.7 Å². The van der Waals surface area contributed by atoms with Crippen LogP contribution >= 0.6 is 0 Å². The van der Waals surface area contributed by atoms with Crippen molar-refractivity contribution in [2.45, 2.75) is 0 Å². The Bertz CT molecular complexity index is 528. The van der Waals surface area contributed by atoms with E-state index in [1.165, 1.54) is 6.07 Å². The number of benzene rings is 2. The average Bonchev–Trinajstić information content (AvgIpc) is 2.45. The Morgan fingerprint density at radius 3 is 2.42 bits per heavy atom. The molecule has 2 aromatic carbocycles. The van der Waals surface area contributed by atoms with Crippen LogP contribution in [-0.2, 0) is 0 Å². The van der Waals surface area contributed by atoms with E-state index in [0.717, 1.165) is 5.75 Å². The summed E-state index contributed by atoms with van der Waals surface area (Å²) in [5, 5.41) is 0. The first-order chi connectivity index (χ1) is 9.29. The fourth-order valence-electron chi connectivity index (χ4n) is 1.56. The number of hydrogen-bond donors (Lipinski definition) is 0. The molecule has 19 heavy (non-hydrogen) atoms. The first-order valence-electron chi connectivity index (χ1n) is 5.94. The summed E-state index contributed by atoms with van der Waals surface area (Å²) in [6, 6.07) is 13.6. The van der Waals surface area contributed by atoms with Gasteiger partial charge in [-0.25, -0.2) is 4.39 Å². The molecule has 0 spiro atoms. The van der Waals surface area contributed by atoms with E-state index in [0.29, 0.717) is 12.4 Å². The third-order valence-corrected chi connectivity index (χ3v) is 2.49. The molecule has 0 aliphatic heterocycles. The van der Waals surface area contributed by atoms with Gasteiger partial charge in [0.05, 0.1) is 7.11 Å². The van der Waals surface area contributed by atoms with Gasteiger partial charge in [-0.15, -0.1) is 0 Å². The van der Waals surface area contributed by atoms with E-state index in [-0.39, 0.29) is 18.2 Å². The number of halogens is 1. The largest absolute Gasteiger partial charge is 0.497 e. The smallest absolute Gasteiger partial charge is 0.165 e. The zero-order valence-electron chi connectivity index (χ0n) is 10.6. The number of ether oxygens (including phenoxy) is 3. The van der Waals surface area contributed by atoms with Crippen LogP contribution in [0, 0.1) is 5.82 Å². The summed E-state index contributed by atoms with van der Waals surface area (Å²) in [5.41, 5.74) is 0. The highest BCUT2D eigenvalue weighted by Crippen LogP contribution is 2.19. The van der Waals surface area contributed by atoms with Crippen LogP contribution in [0.2, 0.25) is 0 Å². The molecule has 0 radical (unpaired) electrons. The molecule has 0 aliphatic rings. The van der Waals surface area contributed by atoms with Crippen molar-refractivity contribution in [1.29, 1.82) is 0 Å². The molecule has 2 rings (SSSR count). The lowest BCUT2D eigenvalue weighted by Crippen LogP contribution is -2.09. The Morgan fingerprint density at radius 1 is 0.895 bits per heavy atom. The SMILES string of the molecule is COc1cccc(OCCOc2ccccc2F)c1. The van der Waals surface area contributed by atoms with E-state index in [1.54, 1.807) is 31.4 Å². The third kappa shape index (κ3) is 3.88. The highest BCUT2D eigenvalue weighted by Gasteiger charge is 2.01. The maximum Gasteiger partial charge on any atom is 0.165 e. The first kappa shape index (κ1) is 13.2. The predicted molar refractivity (Wildman–Crippen MR) is 70.4 cm³/mol. The molecule has 0 saturated carbocycles. The van der Waals surface area contributed by atoms with Crippen LogP contribution in [-0.4, -0.2) is 20.3 Å². The summed E-state index contributed by atoms with van der Waals surface area (Å²) in [6.07, 6.45) is 0. The Hall–Kier alpha value is -2.23. The lowest BCUT2D eigenvalue weighted by Gasteiger charge is -2.09. The van der Waals surface area contributed by atoms with Gasteiger partial charge in [0.25, 0.3) is 0 Å². The quantitative estimate of drug-likeness (QED) is 0.748. The van der Waals surface area contributed by atoms with Gasteiger partial charge in [-0.05, 0) is 24.3 Å². The Balaban J connectivity index is 1.79. The van der Waals surface area contributed by atoms with Gasteiger partial charge < -0.3 is 14.2 Å². The molecule has 2 aromatic rings. The molecule has 0 aromatic heterocycles. The van der Waals surface area contributed by atoms with Crippen LogP contribution in [0.4, 0.5) is 4.39 Å². The lowest BCUT2D eigenvalue weighted by molar-refractivity contribution is 0.211. The summed E-state index contributed by atoms with van der Waals surface area (Å²) in [6.45, 7) is 0.611. The molecule has 100 valence electrons. The van der Waals surface area contributed by atoms with Crippen LogP contribution in [0.1, 0.15) is 0 Å². The van der Waals surface area contributed by atoms with Crippen molar-refractivity contribution < 1.29 is 18.6 Å². The van der Waals surface area contributed by atoms with Crippen LogP contribution in [0.5, 0.6) is 17.2 Å². The molecular formula is C15H15FO3. The zero-order chi connectivity index (χ0) is 13.5. The number of rotatable bonds is 6. The summed E-state index contributed by atoms with van der Waals surface area (Å²) in [5.74, 6) is 1.28. The molecule has 0 bridgehead atoms. The van der Waals surface area contributed by atoms with Gasteiger partial charge in [0, 0.05) is 6.07 Å². The van der Waals surface area contributed by atoms with Crippen LogP contribution in [0.15, 0.2) is 48.5 Å². The van der Waals surface area contributed by atoms with Gasteiger partial charge in [0.1, 0.15) is 24.7 Å². The Morgan fingerprint density at radius 2 is 1.63 bits per heavy atom. The van der Waals surface area contributed by atoms with Crippen molar-refractivity contribution in [2.75, 3.05) is 20.3 Å². The van der Waals surface area contributed by atoms with E-state index < -0.39 is 0 Å². The normalized spacial score (nSPS) is 10.0. The van der Waals surface area contributed by atoms with Crippen molar-refractivity contribution >= 4 is 0 Å². The molecule has 0 atom stereocenters. The molecule has 0 heterocycles. The minimum Gasteiger partial charge on any atom is -0.497 e. The van der Waals surface area contributed by atoms with Crippen molar-refractivity contribution in [3.8, 4) is 17.2 Å². The minimum atomic E-state index is -0.371. The molecule has 0 N–H and O–H groups in total. The number of para-hydroxylation sites is 1. The predicted octanol–water partition coefficient (Wildman–Crippen LogP) is 3.29. The number of hydrogen-bond acceptors (Lipinski definition) is 3. The first-order valence-corrected chi connectivity index (χ1v) is 5.94. The molecule has 0 unspecified atom stereocenters. The van der Waals surface area contributed by atoms with Gasteiger partial charge in [-0.2, -0.15) is 0 Å². The lowest BCUT2D eigenvalue weighted by atomic mass is 10.3. The van der Waals surface area contributed by atoms with Gasteiger partial charge in [-0.3, -0.25) is 0 Å². The van der Waals surface area contributed by atoms with Crippen molar-refractivity contribution in [1.82, 2.24) is 0 Å². The molecule has 3 nitrogen and oxygen atoms in total. The maximum absolute atomic E-state index is 13.3. The summed E-state index contributed by atoms with van der Waals surface area (Å²) >= 11 is 0. The van der Waals surface area contributed by atoms with E-state index in [9.17, 15) is 4.39 Å².